The molecule has 4 rings (SSSR count). The van der Waals surface area contributed by atoms with E-state index in [-0.39, 0.29) is 11.4 Å². The third kappa shape index (κ3) is 3.93. The predicted octanol–water partition coefficient (Wildman–Crippen LogP) is 3.86. The molecule has 0 unspecified atom stereocenters. The van der Waals surface area contributed by atoms with Crippen LogP contribution in [0.2, 0.25) is 0 Å². The highest BCUT2D eigenvalue weighted by Gasteiger charge is 2.27. The molecule has 2 aromatic carbocycles. The van der Waals surface area contributed by atoms with Crippen LogP contribution in [0.5, 0.6) is 0 Å². The summed E-state index contributed by atoms with van der Waals surface area (Å²) in [7, 11) is 0. The lowest BCUT2D eigenvalue weighted by molar-refractivity contribution is 0.200. The van der Waals surface area contributed by atoms with Crippen molar-refractivity contribution in [3.63, 3.8) is 0 Å². The van der Waals surface area contributed by atoms with Crippen LogP contribution in [0.15, 0.2) is 59.4 Å². The first-order valence-electron chi connectivity index (χ1n) is 9.96. The number of fused-ring (bicyclic) bond motifs is 1. The average Bonchev–Trinajstić information content (AvgIpc) is 2.74. The molecular weight excluding hydrogens is 367 g/mol. The standard InChI is InChI=1S/C23H25FN4O/c1-3-21-17(2)25-23-27(20-11-9-19(24)10-12-20)15-26(16-28(23)22(21)29)14-13-18-7-5-4-6-8-18/h4-12H,3,13-16H2,1-2H3. The van der Waals surface area contributed by atoms with Crippen molar-refractivity contribution in [2.45, 2.75) is 33.4 Å². The molecule has 29 heavy (non-hydrogen) atoms. The van der Waals surface area contributed by atoms with E-state index >= 15 is 0 Å². The summed E-state index contributed by atoms with van der Waals surface area (Å²) < 4.78 is 15.2. The summed E-state index contributed by atoms with van der Waals surface area (Å²) in [5.74, 6) is 0.335. The maximum absolute atomic E-state index is 13.5. The summed E-state index contributed by atoms with van der Waals surface area (Å²) in [6.07, 6.45) is 1.54. The molecule has 3 aromatic rings. The Hall–Kier alpha value is -2.99. The Morgan fingerprint density at radius 1 is 1.03 bits per heavy atom. The maximum Gasteiger partial charge on any atom is 0.259 e. The third-order valence-electron chi connectivity index (χ3n) is 5.42. The van der Waals surface area contributed by atoms with Gasteiger partial charge in [0.25, 0.3) is 5.56 Å². The molecular formula is C23H25FN4O. The lowest BCUT2D eigenvalue weighted by atomic mass is 10.1. The summed E-state index contributed by atoms with van der Waals surface area (Å²) in [5, 5.41) is 0. The Labute approximate surface area is 170 Å². The molecule has 0 atom stereocenters. The molecule has 0 saturated heterocycles. The zero-order valence-corrected chi connectivity index (χ0v) is 16.8. The first-order valence-corrected chi connectivity index (χ1v) is 9.96. The van der Waals surface area contributed by atoms with Crippen LogP contribution in [0, 0.1) is 12.7 Å². The van der Waals surface area contributed by atoms with Crippen molar-refractivity contribution >= 4 is 11.6 Å². The normalized spacial score (nSPS) is 14.1. The van der Waals surface area contributed by atoms with Crippen molar-refractivity contribution in [1.82, 2.24) is 14.5 Å². The zero-order valence-electron chi connectivity index (χ0n) is 16.8. The number of rotatable bonds is 5. The molecule has 0 saturated carbocycles. The van der Waals surface area contributed by atoms with Gasteiger partial charge >= 0.3 is 0 Å². The molecule has 0 N–H and O–H groups in total. The molecule has 1 aromatic heterocycles. The Morgan fingerprint density at radius 3 is 2.45 bits per heavy atom. The van der Waals surface area contributed by atoms with Gasteiger partial charge in [-0.25, -0.2) is 9.37 Å². The highest BCUT2D eigenvalue weighted by atomic mass is 19.1. The van der Waals surface area contributed by atoms with Crippen molar-refractivity contribution in [3.8, 4) is 0 Å². The smallest absolute Gasteiger partial charge is 0.259 e. The van der Waals surface area contributed by atoms with Crippen molar-refractivity contribution in [1.29, 1.82) is 0 Å². The second-order valence-corrected chi connectivity index (χ2v) is 7.38. The fourth-order valence-corrected chi connectivity index (χ4v) is 3.83. The number of benzene rings is 2. The highest BCUT2D eigenvalue weighted by Crippen LogP contribution is 2.28. The van der Waals surface area contributed by atoms with Gasteiger partial charge in [-0.1, -0.05) is 37.3 Å². The van der Waals surface area contributed by atoms with Crippen LogP contribution in [0.4, 0.5) is 16.0 Å². The number of halogens is 1. The SMILES string of the molecule is CCc1c(C)nc2n(c1=O)CN(CCc1ccccc1)CN2c1ccc(F)cc1. The topological polar surface area (TPSA) is 41.4 Å². The monoisotopic (exact) mass is 392 g/mol. The van der Waals surface area contributed by atoms with Crippen LogP contribution < -0.4 is 10.5 Å². The van der Waals surface area contributed by atoms with E-state index in [0.717, 1.165) is 29.9 Å². The van der Waals surface area contributed by atoms with E-state index in [1.165, 1.54) is 17.7 Å². The number of aromatic nitrogens is 2. The van der Waals surface area contributed by atoms with Gasteiger partial charge in [0, 0.05) is 23.5 Å². The van der Waals surface area contributed by atoms with Gasteiger partial charge in [0.1, 0.15) is 5.82 Å². The van der Waals surface area contributed by atoms with E-state index in [1.807, 2.05) is 36.9 Å². The molecule has 1 aliphatic heterocycles. The summed E-state index contributed by atoms with van der Waals surface area (Å²) >= 11 is 0. The van der Waals surface area contributed by atoms with Crippen LogP contribution in [0.1, 0.15) is 23.7 Å². The average molecular weight is 392 g/mol. The second kappa shape index (κ2) is 8.17. The Kier molecular flexibility index (Phi) is 5.45. The molecule has 0 aliphatic carbocycles. The van der Waals surface area contributed by atoms with Crippen LogP contribution >= 0.6 is 0 Å². The van der Waals surface area contributed by atoms with Crippen LogP contribution in [0.3, 0.4) is 0 Å². The van der Waals surface area contributed by atoms with Gasteiger partial charge in [0.2, 0.25) is 5.95 Å². The van der Waals surface area contributed by atoms with E-state index in [4.69, 9.17) is 4.98 Å². The molecule has 0 fully saturated rings. The Balaban J connectivity index is 1.70. The van der Waals surface area contributed by atoms with Gasteiger partial charge in [-0.3, -0.25) is 19.2 Å². The molecule has 6 heteroatoms. The van der Waals surface area contributed by atoms with E-state index in [9.17, 15) is 9.18 Å². The Morgan fingerprint density at radius 2 is 1.76 bits per heavy atom. The minimum Gasteiger partial charge on any atom is -0.298 e. The lowest BCUT2D eigenvalue weighted by Gasteiger charge is -2.38. The van der Waals surface area contributed by atoms with E-state index in [0.29, 0.717) is 25.7 Å². The second-order valence-electron chi connectivity index (χ2n) is 7.38. The van der Waals surface area contributed by atoms with Gasteiger partial charge < -0.3 is 0 Å². The summed E-state index contributed by atoms with van der Waals surface area (Å²) in [4.78, 5) is 22.1. The van der Waals surface area contributed by atoms with Gasteiger partial charge in [-0.05, 0) is 49.6 Å². The third-order valence-corrected chi connectivity index (χ3v) is 5.42. The quantitative estimate of drug-likeness (QED) is 0.661. The fourth-order valence-electron chi connectivity index (χ4n) is 3.83. The minimum absolute atomic E-state index is 0.00604. The van der Waals surface area contributed by atoms with Crippen LogP contribution in [0.25, 0.3) is 0 Å². The summed E-state index contributed by atoms with van der Waals surface area (Å²) in [5.41, 5.74) is 3.59. The molecule has 0 spiro atoms. The molecule has 150 valence electrons. The summed E-state index contributed by atoms with van der Waals surface area (Å²) in [6, 6.07) is 16.7. The van der Waals surface area contributed by atoms with Crippen LogP contribution in [-0.4, -0.2) is 27.7 Å². The van der Waals surface area contributed by atoms with E-state index < -0.39 is 0 Å². The predicted molar refractivity (Wildman–Crippen MR) is 113 cm³/mol. The molecule has 5 nitrogen and oxygen atoms in total. The van der Waals surface area contributed by atoms with E-state index in [1.54, 1.807) is 16.7 Å². The number of aryl methyl sites for hydroxylation is 1. The number of hydrogen-bond donors (Lipinski definition) is 0. The zero-order chi connectivity index (χ0) is 20.4. The first-order chi connectivity index (χ1) is 14.1. The van der Waals surface area contributed by atoms with Crippen molar-refractivity contribution in [2.75, 3.05) is 18.1 Å². The molecule has 2 heterocycles. The lowest BCUT2D eigenvalue weighted by Crippen LogP contribution is -2.48. The van der Waals surface area contributed by atoms with E-state index in [2.05, 4.69) is 17.0 Å². The van der Waals surface area contributed by atoms with Crippen LogP contribution in [-0.2, 0) is 19.5 Å². The van der Waals surface area contributed by atoms with Crippen molar-refractivity contribution in [3.05, 3.63) is 87.6 Å². The first kappa shape index (κ1) is 19.3. The van der Waals surface area contributed by atoms with Gasteiger partial charge in [-0.2, -0.15) is 0 Å². The molecule has 0 radical (unpaired) electrons. The number of nitrogens with zero attached hydrogens (tertiary/aromatic N) is 4. The van der Waals surface area contributed by atoms with Gasteiger partial charge in [-0.15, -0.1) is 0 Å². The van der Waals surface area contributed by atoms with Gasteiger partial charge in [0.05, 0.1) is 13.3 Å². The minimum atomic E-state index is -0.283. The van der Waals surface area contributed by atoms with Crippen molar-refractivity contribution in [2.24, 2.45) is 0 Å². The largest absolute Gasteiger partial charge is 0.298 e. The fraction of sp³-hybridized carbons (Fsp3) is 0.304. The summed E-state index contributed by atoms with van der Waals surface area (Å²) in [6.45, 7) is 5.76. The van der Waals surface area contributed by atoms with Crippen molar-refractivity contribution < 1.29 is 4.39 Å². The number of anilines is 2. The molecule has 0 amide bonds. The highest BCUT2D eigenvalue weighted by molar-refractivity contribution is 5.58. The Bertz CT molecular complexity index is 1050. The number of hydrogen-bond acceptors (Lipinski definition) is 4. The van der Waals surface area contributed by atoms with Gasteiger partial charge in [0.15, 0.2) is 0 Å². The maximum atomic E-state index is 13.5. The molecule has 1 aliphatic rings. The molecule has 0 bridgehead atoms.